The van der Waals surface area contributed by atoms with Gasteiger partial charge < -0.3 is 25.1 Å². The van der Waals surface area contributed by atoms with E-state index in [4.69, 9.17) is 10.5 Å². The van der Waals surface area contributed by atoms with Gasteiger partial charge in [-0.15, -0.1) is 13.2 Å². The fourth-order valence-corrected chi connectivity index (χ4v) is 4.45. The standard InChI is InChI=1S/C24H26F3N5O4/c1-13(33)35-23(2,3)22-30-19-16(6-9-29-20(19)31-22)14-7-10-32(11-8-14)21(34)17-5-4-15(12-18(17)28)36-24(25,26)27/h4-6,9,12,14H,7-8,10-11,28H2,1-3H3,(H,29,30,31). The van der Waals surface area contributed by atoms with Crippen molar-refractivity contribution in [2.45, 2.75) is 51.5 Å². The number of H-pyrrole nitrogens is 1. The Morgan fingerprint density at radius 1 is 1.17 bits per heavy atom. The number of alkyl halides is 3. The summed E-state index contributed by atoms with van der Waals surface area (Å²) in [5.41, 5.74) is 7.17. The van der Waals surface area contributed by atoms with E-state index >= 15 is 0 Å². The highest BCUT2D eigenvalue weighted by atomic mass is 19.4. The molecule has 1 saturated heterocycles. The first kappa shape index (κ1) is 25.3. The highest BCUT2D eigenvalue weighted by Crippen LogP contribution is 2.34. The smallest absolute Gasteiger partial charge is 0.452 e. The number of anilines is 1. The first-order chi connectivity index (χ1) is 16.8. The van der Waals surface area contributed by atoms with E-state index in [-0.39, 0.29) is 23.1 Å². The van der Waals surface area contributed by atoms with Gasteiger partial charge in [0.2, 0.25) is 0 Å². The molecule has 2 aromatic heterocycles. The number of pyridine rings is 1. The maximum atomic E-state index is 13.0. The van der Waals surface area contributed by atoms with E-state index in [0.29, 0.717) is 42.9 Å². The predicted octanol–water partition coefficient (Wildman–Crippen LogP) is 4.26. The number of aromatic amines is 1. The average Bonchev–Trinajstić information content (AvgIpc) is 3.23. The van der Waals surface area contributed by atoms with Crippen LogP contribution in [0, 0.1) is 0 Å². The summed E-state index contributed by atoms with van der Waals surface area (Å²) in [5, 5.41) is 0. The molecule has 1 aliphatic heterocycles. The normalized spacial score (nSPS) is 15.2. The van der Waals surface area contributed by atoms with E-state index < -0.39 is 23.7 Å². The van der Waals surface area contributed by atoms with E-state index in [2.05, 4.69) is 19.7 Å². The summed E-state index contributed by atoms with van der Waals surface area (Å²) in [6.45, 7) is 5.68. The fraction of sp³-hybridized carbons (Fsp3) is 0.417. The summed E-state index contributed by atoms with van der Waals surface area (Å²) in [7, 11) is 0. The average molecular weight is 505 g/mol. The van der Waals surface area contributed by atoms with Crippen LogP contribution in [0.5, 0.6) is 5.75 Å². The number of rotatable bonds is 5. The lowest BCUT2D eigenvalue weighted by atomic mass is 9.89. The third-order valence-corrected chi connectivity index (χ3v) is 6.09. The van der Waals surface area contributed by atoms with E-state index in [1.54, 1.807) is 24.9 Å². The summed E-state index contributed by atoms with van der Waals surface area (Å²) in [5.74, 6) is -0.670. The molecule has 4 rings (SSSR count). The quantitative estimate of drug-likeness (QED) is 0.392. The molecule has 192 valence electrons. The van der Waals surface area contributed by atoms with Gasteiger partial charge in [-0.2, -0.15) is 0 Å². The minimum Gasteiger partial charge on any atom is -0.452 e. The molecule has 0 unspecified atom stereocenters. The number of ether oxygens (including phenoxy) is 2. The number of nitrogens with zero attached hydrogens (tertiary/aromatic N) is 3. The van der Waals surface area contributed by atoms with Crippen LogP contribution in [0.3, 0.4) is 0 Å². The third-order valence-electron chi connectivity index (χ3n) is 6.09. The van der Waals surface area contributed by atoms with Crippen LogP contribution in [0.2, 0.25) is 0 Å². The zero-order chi connectivity index (χ0) is 26.3. The molecular formula is C24H26F3N5O4. The van der Waals surface area contributed by atoms with Crippen molar-refractivity contribution >= 4 is 28.7 Å². The highest BCUT2D eigenvalue weighted by molar-refractivity contribution is 5.99. The number of halogens is 3. The van der Waals surface area contributed by atoms with Crippen LogP contribution in [0.25, 0.3) is 11.2 Å². The van der Waals surface area contributed by atoms with Gasteiger partial charge in [0.05, 0.1) is 5.56 Å². The van der Waals surface area contributed by atoms with E-state index in [1.807, 2.05) is 6.07 Å². The van der Waals surface area contributed by atoms with Gasteiger partial charge in [0.15, 0.2) is 17.1 Å². The molecule has 12 heteroatoms. The lowest BCUT2D eigenvalue weighted by Gasteiger charge is -2.32. The summed E-state index contributed by atoms with van der Waals surface area (Å²) in [6, 6.07) is 5.20. The molecule has 36 heavy (non-hydrogen) atoms. The SMILES string of the molecule is CC(=O)OC(C)(C)c1nc2c(C3CCN(C(=O)c4ccc(OC(F)(F)F)cc4N)CC3)ccnc2[nH]1. The van der Waals surface area contributed by atoms with Crippen LogP contribution in [-0.2, 0) is 15.1 Å². The second-order valence-corrected chi connectivity index (χ2v) is 9.15. The first-order valence-electron chi connectivity index (χ1n) is 11.3. The fourth-order valence-electron chi connectivity index (χ4n) is 4.45. The van der Waals surface area contributed by atoms with Gasteiger partial charge in [-0.05, 0) is 56.4 Å². The molecule has 1 aromatic carbocycles. The second kappa shape index (κ2) is 9.32. The number of fused-ring (bicyclic) bond motifs is 1. The lowest BCUT2D eigenvalue weighted by Crippen LogP contribution is -2.38. The number of aromatic nitrogens is 3. The largest absolute Gasteiger partial charge is 0.573 e. The Morgan fingerprint density at radius 2 is 1.86 bits per heavy atom. The van der Waals surface area contributed by atoms with Crippen molar-refractivity contribution in [3.05, 3.63) is 47.4 Å². The van der Waals surface area contributed by atoms with Crippen molar-refractivity contribution < 1.29 is 32.2 Å². The topological polar surface area (TPSA) is 123 Å². The summed E-state index contributed by atoms with van der Waals surface area (Å²) >= 11 is 0. The Kier molecular flexibility index (Phi) is 6.54. The van der Waals surface area contributed by atoms with Crippen LogP contribution in [-0.4, -0.2) is 51.2 Å². The van der Waals surface area contributed by atoms with Crippen LogP contribution in [0.15, 0.2) is 30.5 Å². The Bertz CT molecular complexity index is 1300. The van der Waals surface area contributed by atoms with Gasteiger partial charge in [0.1, 0.15) is 11.3 Å². The lowest BCUT2D eigenvalue weighted by molar-refractivity contribution is -0.274. The van der Waals surface area contributed by atoms with E-state index in [0.717, 1.165) is 17.7 Å². The number of nitrogens with one attached hydrogen (secondary N) is 1. The maximum absolute atomic E-state index is 13.0. The van der Waals surface area contributed by atoms with Crippen LogP contribution in [0.4, 0.5) is 18.9 Å². The van der Waals surface area contributed by atoms with Crippen LogP contribution >= 0.6 is 0 Å². The van der Waals surface area contributed by atoms with Crippen molar-refractivity contribution in [1.29, 1.82) is 0 Å². The number of piperidine rings is 1. The Balaban J connectivity index is 1.48. The molecular weight excluding hydrogens is 479 g/mol. The van der Waals surface area contributed by atoms with Crippen molar-refractivity contribution in [2.75, 3.05) is 18.8 Å². The minimum atomic E-state index is -4.84. The van der Waals surface area contributed by atoms with Gasteiger partial charge in [-0.25, -0.2) is 9.97 Å². The number of hydrogen-bond acceptors (Lipinski definition) is 7. The number of amides is 1. The molecule has 1 amide bonds. The molecule has 1 aliphatic rings. The maximum Gasteiger partial charge on any atom is 0.573 e. The zero-order valence-corrected chi connectivity index (χ0v) is 20.0. The Hall–Kier alpha value is -3.83. The molecule has 0 radical (unpaired) electrons. The Labute approximate surface area is 204 Å². The molecule has 0 atom stereocenters. The van der Waals surface area contributed by atoms with E-state index in [9.17, 15) is 22.8 Å². The van der Waals surface area contributed by atoms with Gasteiger partial charge >= 0.3 is 12.3 Å². The van der Waals surface area contributed by atoms with Crippen molar-refractivity contribution in [2.24, 2.45) is 0 Å². The number of benzene rings is 1. The van der Waals surface area contributed by atoms with Gasteiger partial charge in [-0.1, -0.05) is 0 Å². The third kappa shape index (κ3) is 5.37. The minimum absolute atomic E-state index is 0.0841. The predicted molar refractivity (Wildman–Crippen MR) is 124 cm³/mol. The summed E-state index contributed by atoms with van der Waals surface area (Å²) in [4.78, 5) is 38.3. The number of likely N-dealkylation sites (tertiary alicyclic amines) is 1. The van der Waals surface area contributed by atoms with Gasteiger partial charge in [0.25, 0.3) is 5.91 Å². The highest BCUT2D eigenvalue weighted by Gasteiger charge is 2.33. The van der Waals surface area contributed by atoms with Crippen molar-refractivity contribution in [1.82, 2.24) is 19.9 Å². The van der Waals surface area contributed by atoms with Crippen molar-refractivity contribution in [3.63, 3.8) is 0 Å². The molecule has 0 bridgehead atoms. The molecule has 0 saturated carbocycles. The molecule has 3 heterocycles. The van der Waals surface area contributed by atoms with Crippen molar-refractivity contribution in [3.8, 4) is 5.75 Å². The summed E-state index contributed by atoms with van der Waals surface area (Å²) in [6.07, 6.45) is -1.87. The number of nitrogens with two attached hydrogens (primary N) is 1. The molecule has 3 N–H and O–H groups in total. The number of carbonyl (C=O) groups is 2. The number of hydrogen-bond donors (Lipinski definition) is 2. The molecule has 3 aromatic rings. The monoisotopic (exact) mass is 505 g/mol. The molecule has 0 spiro atoms. The molecule has 0 aliphatic carbocycles. The molecule has 1 fully saturated rings. The second-order valence-electron chi connectivity index (χ2n) is 9.15. The van der Waals surface area contributed by atoms with Gasteiger partial charge in [-0.3, -0.25) is 9.59 Å². The van der Waals surface area contributed by atoms with Crippen LogP contribution < -0.4 is 10.5 Å². The number of nitrogen functional groups attached to an aromatic ring is 1. The summed E-state index contributed by atoms with van der Waals surface area (Å²) < 4.78 is 46.6. The van der Waals surface area contributed by atoms with Crippen LogP contribution in [0.1, 0.15) is 61.3 Å². The van der Waals surface area contributed by atoms with E-state index in [1.165, 1.54) is 13.0 Å². The molecule has 9 nitrogen and oxygen atoms in total. The number of imidazole rings is 1. The first-order valence-corrected chi connectivity index (χ1v) is 11.3. The zero-order valence-electron chi connectivity index (χ0n) is 20.0. The van der Waals surface area contributed by atoms with Gasteiger partial charge in [0, 0.05) is 38.0 Å². The Morgan fingerprint density at radius 3 is 2.47 bits per heavy atom. The number of esters is 1. The number of carbonyl (C=O) groups excluding carboxylic acids is 2.